The summed E-state index contributed by atoms with van der Waals surface area (Å²) in [5, 5.41) is 0. The number of para-hydroxylation sites is 1. The van der Waals surface area contributed by atoms with Crippen LogP contribution in [0.3, 0.4) is 0 Å². The van der Waals surface area contributed by atoms with E-state index in [1.54, 1.807) is 11.9 Å². The number of likely N-dealkylation sites (tertiary alicyclic amines) is 1. The van der Waals surface area contributed by atoms with E-state index in [0.717, 1.165) is 18.8 Å². The molecule has 0 aliphatic carbocycles. The number of carbonyl (C=O) groups is 2. The highest BCUT2D eigenvalue weighted by Gasteiger charge is 2.57. The molecule has 0 unspecified atom stereocenters. The minimum absolute atomic E-state index is 0.0700. The van der Waals surface area contributed by atoms with Gasteiger partial charge in [-0.05, 0) is 32.0 Å². The number of imide groups is 1. The van der Waals surface area contributed by atoms with Crippen LogP contribution in [0, 0.1) is 0 Å². The Labute approximate surface area is 118 Å². The molecule has 2 aliphatic rings. The lowest BCUT2D eigenvalue weighted by Gasteiger charge is -2.41. The average Bonchev–Trinajstić information content (AvgIpc) is 2.65. The molecule has 2 aliphatic heterocycles. The molecule has 0 N–H and O–H groups in total. The summed E-state index contributed by atoms with van der Waals surface area (Å²) in [4.78, 5) is 30.3. The summed E-state index contributed by atoms with van der Waals surface area (Å²) < 4.78 is 0. The first-order valence-corrected chi connectivity index (χ1v) is 6.92. The van der Waals surface area contributed by atoms with E-state index in [2.05, 4.69) is 4.90 Å². The van der Waals surface area contributed by atoms with Crippen LogP contribution in [-0.4, -0.2) is 54.5 Å². The predicted molar refractivity (Wildman–Crippen MR) is 76.5 cm³/mol. The van der Waals surface area contributed by atoms with Gasteiger partial charge in [0.2, 0.25) is 0 Å². The Balaban J connectivity index is 2.05. The number of urea groups is 1. The van der Waals surface area contributed by atoms with E-state index in [9.17, 15) is 9.59 Å². The van der Waals surface area contributed by atoms with Crippen molar-refractivity contribution in [2.75, 3.05) is 32.1 Å². The smallest absolute Gasteiger partial charge is 0.306 e. The first-order chi connectivity index (χ1) is 9.56. The molecule has 1 aromatic rings. The van der Waals surface area contributed by atoms with Crippen LogP contribution in [0.5, 0.6) is 0 Å². The van der Waals surface area contributed by atoms with Crippen molar-refractivity contribution in [2.24, 2.45) is 0 Å². The van der Waals surface area contributed by atoms with Crippen molar-refractivity contribution in [3.63, 3.8) is 0 Å². The second-order valence-corrected chi connectivity index (χ2v) is 5.65. The third-order valence-corrected chi connectivity index (χ3v) is 4.44. The molecular formula is C15H19N3O2. The van der Waals surface area contributed by atoms with Crippen LogP contribution in [0.4, 0.5) is 10.5 Å². The van der Waals surface area contributed by atoms with Gasteiger partial charge >= 0.3 is 6.03 Å². The minimum Gasteiger partial charge on any atom is -0.306 e. The van der Waals surface area contributed by atoms with Crippen LogP contribution in [0.1, 0.15) is 12.8 Å². The van der Waals surface area contributed by atoms with Crippen LogP contribution in [-0.2, 0) is 4.79 Å². The highest BCUT2D eigenvalue weighted by atomic mass is 16.2. The maximum Gasteiger partial charge on any atom is 0.331 e. The van der Waals surface area contributed by atoms with Crippen molar-refractivity contribution in [1.29, 1.82) is 0 Å². The molecule has 20 heavy (non-hydrogen) atoms. The number of piperidine rings is 1. The van der Waals surface area contributed by atoms with Crippen molar-refractivity contribution < 1.29 is 9.59 Å². The fourth-order valence-corrected chi connectivity index (χ4v) is 3.19. The number of hydrogen-bond acceptors (Lipinski definition) is 3. The van der Waals surface area contributed by atoms with Crippen LogP contribution in [0.15, 0.2) is 30.3 Å². The molecule has 2 fully saturated rings. The van der Waals surface area contributed by atoms with E-state index < -0.39 is 5.54 Å². The van der Waals surface area contributed by atoms with Gasteiger partial charge in [-0.1, -0.05) is 18.2 Å². The number of likely N-dealkylation sites (N-methyl/N-ethyl adjacent to an activating group) is 1. The van der Waals surface area contributed by atoms with Crippen LogP contribution in [0.2, 0.25) is 0 Å². The number of amides is 3. The standard InChI is InChI=1S/C15H19N3O2/c1-16-10-8-15(9-11-16)13(19)17(2)14(20)18(15)12-6-4-3-5-7-12/h3-7H,8-11H2,1-2H3. The molecule has 3 amide bonds. The minimum atomic E-state index is -0.695. The first kappa shape index (κ1) is 13.1. The number of rotatable bonds is 1. The Kier molecular flexibility index (Phi) is 3.01. The van der Waals surface area contributed by atoms with Crippen molar-refractivity contribution >= 4 is 17.6 Å². The molecule has 1 spiro atoms. The quantitative estimate of drug-likeness (QED) is 0.729. The second kappa shape index (κ2) is 4.59. The number of benzene rings is 1. The highest BCUT2D eigenvalue weighted by molar-refractivity contribution is 6.16. The molecule has 106 valence electrons. The Bertz CT molecular complexity index is 535. The van der Waals surface area contributed by atoms with E-state index in [0.29, 0.717) is 12.8 Å². The zero-order valence-corrected chi connectivity index (χ0v) is 11.9. The van der Waals surface area contributed by atoms with Crippen LogP contribution >= 0.6 is 0 Å². The molecule has 5 heteroatoms. The first-order valence-electron chi connectivity index (χ1n) is 6.92. The molecule has 0 radical (unpaired) electrons. The summed E-state index contributed by atoms with van der Waals surface area (Å²) in [6.07, 6.45) is 1.38. The van der Waals surface area contributed by atoms with Gasteiger partial charge in [0.15, 0.2) is 0 Å². The number of hydrogen-bond donors (Lipinski definition) is 0. The van der Waals surface area contributed by atoms with Gasteiger partial charge < -0.3 is 4.90 Å². The van der Waals surface area contributed by atoms with E-state index >= 15 is 0 Å². The van der Waals surface area contributed by atoms with Gasteiger partial charge in [0.1, 0.15) is 5.54 Å². The van der Waals surface area contributed by atoms with E-state index in [4.69, 9.17) is 0 Å². The Hall–Kier alpha value is -1.88. The fourth-order valence-electron chi connectivity index (χ4n) is 3.19. The zero-order chi connectivity index (χ0) is 14.3. The third-order valence-electron chi connectivity index (χ3n) is 4.44. The largest absolute Gasteiger partial charge is 0.331 e. The number of anilines is 1. The van der Waals surface area contributed by atoms with Gasteiger partial charge in [-0.2, -0.15) is 0 Å². The topological polar surface area (TPSA) is 43.9 Å². The maximum atomic E-state index is 12.6. The van der Waals surface area contributed by atoms with Crippen molar-refractivity contribution in [3.8, 4) is 0 Å². The van der Waals surface area contributed by atoms with Crippen molar-refractivity contribution in [1.82, 2.24) is 9.80 Å². The van der Waals surface area contributed by atoms with Crippen LogP contribution in [0.25, 0.3) is 0 Å². The average molecular weight is 273 g/mol. The number of carbonyl (C=O) groups excluding carboxylic acids is 2. The van der Waals surface area contributed by atoms with E-state index in [1.807, 2.05) is 37.4 Å². The predicted octanol–water partition coefficient (Wildman–Crippen LogP) is 1.55. The van der Waals surface area contributed by atoms with E-state index in [1.165, 1.54) is 4.90 Å². The SMILES string of the molecule is CN1CCC2(CC1)C(=O)N(C)C(=O)N2c1ccccc1. The van der Waals surface area contributed by atoms with Gasteiger partial charge in [-0.3, -0.25) is 14.6 Å². The van der Waals surface area contributed by atoms with Gasteiger partial charge in [0.25, 0.3) is 5.91 Å². The molecule has 1 aromatic carbocycles. The van der Waals surface area contributed by atoms with Gasteiger partial charge in [0.05, 0.1) is 0 Å². The molecule has 0 saturated carbocycles. The lowest BCUT2D eigenvalue weighted by molar-refractivity contribution is -0.131. The zero-order valence-electron chi connectivity index (χ0n) is 11.9. The van der Waals surface area contributed by atoms with Gasteiger partial charge in [0, 0.05) is 25.8 Å². The second-order valence-electron chi connectivity index (χ2n) is 5.65. The monoisotopic (exact) mass is 273 g/mol. The van der Waals surface area contributed by atoms with Crippen LogP contribution < -0.4 is 4.90 Å². The lowest BCUT2D eigenvalue weighted by Crippen LogP contribution is -2.56. The third kappa shape index (κ3) is 1.73. The summed E-state index contributed by atoms with van der Waals surface area (Å²) in [6.45, 7) is 1.66. The molecule has 0 bridgehead atoms. The van der Waals surface area contributed by atoms with Crippen molar-refractivity contribution in [2.45, 2.75) is 18.4 Å². The fraction of sp³-hybridized carbons (Fsp3) is 0.467. The summed E-state index contributed by atoms with van der Waals surface area (Å²) in [5.41, 5.74) is 0.111. The molecular weight excluding hydrogens is 254 g/mol. The summed E-state index contributed by atoms with van der Waals surface area (Å²) >= 11 is 0. The Morgan fingerprint density at radius 3 is 2.20 bits per heavy atom. The van der Waals surface area contributed by atoms with Gasteiger partial charge in [-0.15, -0.1) is 0 Å². The molecule has 0 aromatic heterocycles. The molecule has 0 atom stereocenters. The summed E-state index contributed by atoms with van der Waals surface area (Å²) in [5.74, 6) is -0.0700. The number of nitrogens with zero attached hydrogens (tertiary/aromatic N) is 3. The molecule has 2 saturated heterocycles. The maximum absolute atomic E-state index is 12.6. The summed E-state index contributed by atoms with van der Waals surface area (Å²) in [6, 6.07) is 9.28. The summed E-state index contributed by atoms with van der Waals surface area (Å²) in [7, 11) is 3.62. The lowest BCUT2D eigenvalue weighted by atomic mass is 9.85. The molecule has 5 nitrogen and oxygen atoms in total. The molecule has 3 rings (SSSR count). The van der Waals surface area contributed by atoms with E-state index in [-0.39, 0.29) is 11.9 Å². The van der Waals surface area contributed by atoms with Crippen molar-refractivity contribution in [3.05, 3.63) is 30.3 Å². The Morgan fingerprint density at radius 2 is 1.60 bits per heavy atom. The highest BCUT2D eigenvalue weighted by Crippen LogP contribution is 2.39. The Morgan fingerprint density at radius 1 is 1.00 bits per heavy atom. The normalized spacial score (nSPS) is 22.9. The van der Waals surface area contributed by atoms with Gasteiger partial charge in [-0.25, -0.2) is 4.79 Å². The molecule has 2 heterocycles.